The highest BCUT2D eigenvalue weighted by Crippen LogP contribution is 2.40. The molecule has 1 aromatic carbocycles. The Bertz CT molecular complexity index is 1210. The number of hydrogen-bond acceptors (Lipinski definition) is 7. The smallest absolute Gasteiger partial charge is 0.290 e. The fourth-order valence-electron chi connectivity index (χ4n) is 4.00. The summed E-state index contributed by atoms with van der Waals surface area (Å²) in [6, 6.07) is 12.4. The van der Waals surface area contributed by atoms with E-state index in [2.05, 4.69) is 9.97 Å². The zero-order valence-electron chi connectivity index (χ0n) is 19.4. The summed E-state index contributed by atoms with van der Waals surface area (Å²) in [5.41, 5.74) is 2.27. The molecule has 1 unspecified atom stereocenters. The van der Waals surface area contributed by atoms with Crippen molar-refractivity contribution in [2.24, 2.45) is 0 Å². The number of nitrogens with zero attached hydrogens (tertiary/aromatic N) is 3. The summed E-state index contributed by atoms with van der Waals surface area (Å²) >= 11 is 1.27. The Balaban J connectivity index is 1.68. The number of carbonyl (C=O) groups is 2. The first kappa shape index (κ1) is 23.8. The first-order valence-electron chi connectivity index (χ1n) is 11.2. The number of Topliss-reactive ketones (excluding diaryl/α,β-unsaturated/α-hetero) is 1. The molecule has 0 saturated heterocycles. The van der Waals surface area contributed by atoms with Crippen molar-refractivity contribution in [2.75, 3.05) is 13.2 Å². The second kappa shape index (κ2) is 10.3. The van der Waals surface area contributed by atoms with E-state index in [0.29, 0.717) is 40.7 Å². The number of aryl methyl sites for hydroxylation is 1. The Morgan fingerprint density at radius 1 is 1.18 bits per heavy atom. The van der Waals surface area contributed by atoms with Gasteiger partial charge in [-0.3, -0.25) is 14.6 Å². The molecule has 2 aromatic heterocycles. The highest BCUT2D eigenvalue weighted by Gasteiger charge is 2.44. The Morgan fingerprint density at radius 3 is 2.56 bits per heavy atom. The van der Waals surface area contributed by atoms with Crippen LogP contribution in [0.4, 0.5) is 0 Å². The lowest BCUT2D eigenvalue weighted by Gasteiger charge is -2.26. The highest BCUT2D eigenvalue weighted by atomic mass is 32.1. The molecule has 1 aliphatic heterocycles. The fourth-order valence-corrected chi connectivity index (χ4v) is 5.02. The average molecular weight is 478 g/mol. The highest BCUT2D eigenvalue weighted by molar-refractivity contribution is 7.17. The van der Waals surface area contributed by atoms with E-state index >= 15 is 0 Å². The maximum Gasteiger partial charge on any atom is 0.290 e. The Hall–Kier alpha value is -3.36. The molecular weight excluding hydrogens is 450 g/mol. The number of hydrogen-bond donors (Lipinski definition) is 1. The Labute approximate surface area is 202 Å². The molecule has 1 atom stereocenters. The van der Waals surface area contributed by atoms with E-state index in [1.54, 1.807) is 31.5 Å². The lowest BCUT2D eigenvalue weighted by molar-refractivity contribution is -0.129. The summed E-state index contributed by atoms with van der Waals surface area (Å²) in [7, 11) is 0. The van der Waals surface area contributed by atoms with Crippen molar-refractivity contribution in [1.29, 1.82) is 0 Å². The van der Waals surface area contributed by atoms with Crippen LogP contribution in [0.25, 0.3) is 10.6 Å². The maximum absolute atomic E-state index is 13.8. The van der Waals surface area contributed by atoms with Crippen molar-refractivity contribution in [2.45, 2.75) is 39.3 Å². The largest absolute Gasteiger partial charge is 0.503 e. The molecule has 1 aliphatic rings. The third-order valence-corrected chi connectivity index (χ3v) is 6.79. The van der Waals surface area contributed by atoms with Gasteiger partial charge < -0.3 is 14.7 Å². The van der Waals surface area contributed by atoms with Crippen LogP contribution in [-0.4, -0.2) is 50.9 Å². The van der Waals surface area contributed by atoms with Crippen LogP contribution in [0.15, 0.2) is 66.2 Å². The molecule has 0 aliphatic carbocycles. The van der Waals surface area contributed by atoms with Gasteiger partial charge in [0, 0.05) is 31.1 Å². The monoisotopic (exact) mass is 477 g/mol. The Morgan fingerprint density at radius 2 is 1.88 bits per heavy atom. The molecular formula is C26H27N3O4S. The standard InChI is InChI=1S/C26H27N3O4S/c1-16(2)33-15-7-14-29-21(18-10-12-27-13-11-18)20(23(31)26(29)32)22(30)24-17(3)28-25(34-24)19-8-5-4-6-9-19/h4-6,8-13,16,21,31H,7,14-15H2,1-3H3. The van der Waals surface area contributed by atoms with E-state index in [1.807, 2.05) is 44.2 Å². The average Bonchev–Trinajstić information content (AvgIpc) is 3.35. The number of carbonyl (C=O) groups excluding carboxylic acids is 2. The zero-order valence-corrected chi connectivity index (χ0v) is 20.2. The van der Waals surface area contributed by atoms with Crippen molar-refractivity contribution in [3.8, 4) is 10.6 Å². The molecule has 1 N–H and O–H groups in total. The maximum atomic E-state index is 13.8. The minimum absolute atomic E-state index is 0.0762. The number of rotatable bonds is 9. The van der Waals surface area contributed by atoms with Gasteiger partial charge in [0.05, 0.1) is 28.3 Å². The molecule has 3 aromatic rings. The van der Waals surface area contributed by atoms with E-state index in [4.69, 9.17) is 4.74 Å². The van der Waals surface area contributed by atoms with Crippen LogP contribution in [0.1, 0.15) is 47.2 Å². The number of amides is 1. The van der Waals surface area contributed by atoms with Crippen molar-refractivity contribution in [3.63, 3.8) is 0 Å². The number of aliphatic hydroxyl groups excluding tert-OH is 1. The van der Waals surface area contributed by atoms with Crippen molar-refractivity contribution >= 4 is 23.0 Å². The van der Waals surface area contributed by atoms with Gasteiger partial charge in [0.25, 0.3) is 5.91 Å². The molecule has 176 valence electrons. The summed E-state index contributed by atoms with van der Waals surface area (Å²) in [5.74, 6) is -1.45. The lowest BCUT2D eigenvalue weighted by Crippen LogP contribution is -2.32. The lowest BCUT2D eigenvalue weighted by atomic mass is 9.95. The van der Waals surface area contributed by atoms with E-state index in [9.17, 15) is 14.7 Å². The fraction of sp³-hybridized carbons (Fsp3) is 0.308. The van der Waals surface area contributed by atoms with E-state index in [1.165, 1.54) is 16.2 Å². The van der Waals surface area contributed by atoms with Gasteiger partial charge in [0.1, 0.15) is 5.01 Å². The van der Waals surface area contributed by atoms with Crippen LogP contribution >= 0.6 is 11.3 Å². The molecule has 7 nitrogen and oxygen atoms in total. The van der Waals surface area contributed by atoms with Crippen LogP contribution in [0.2, 0.25) is 0 Å². The normalized spacial score (nSPS) is 16.1. The summed E-state index contributed by atoms with van der Waals surface area (Å²) in [4.78, 5) is 37.4. The van der Waals surface area contributed by atoms with Crippen LogP contribution in [0.5, 0.6) is 0 Å². The second-order valence-corrected chi connectivity index (χ2v) is 9.34. The minimum atomic E-state index is -0.705. The molecule has 4 rings (SSSR count). The second-order valence-electron chi connectivity index (χ2n) is 8.35. The molecule has 0 bridgehead atoms. The number of pyridine rings is 1. The van der Waals surface area contributed by atoms with E-state index < -0.39 is 17.7 Å². The summed E-state index contributed by atoms with van der Waals surface area (Å²) < 4.78 is 5.61. The predicted octanol–water partition coefficient (Wildman–Crippen LogP) is 4.91. The first-order valence-corrected chi connectivity index (χ1v) is 12.0. The number of ketones is 1. The minimum Gasteiger partial charge on any atom is -0.503 e. The van der Waals surface area contributed by atoms with Crippen molar-refractivity contribution in [1.82, 2.24) is 14.9 Å². The van der Waals surface area contributed by atoms with Gasteiger partial charge in [-0.1, -0.05) is 30.3 Å². The predicted molar refractivity (Wildman–Crippen MR) is 131 cm³/mol. The van der Waals surface area contributed by atoms with Gasteiger partial charge in [-0.15, -0.1) is 11.3 Å². The van der Waals surface area contributed by atoms with Gasteiger partial charge >= 0.3 is 0 Å². The van der Waals surface area contributed by atoms with Gasteiger partial charge in [-0.25, -0.2) is 4.98 Å². The topological polar surface area (TPSA) is 92.6 Å². The quantitative estimate of drug-likeness (QED) is 0.348. The SMILES string of the molecule is Cc1nc(-c2ccccc2)sc1C(=O)C1=C(O)C(=O)N(CCCOC(C)C)C1c1ccncc1. The summed E-state index contributed by atoms with van der Waals surface area (Å²) in [6.07, 6.45) is 3.89. The molecule has 3 heterocycles. The molecule has 8 heteroatoms. The number of aromatic nitrogens is 2. The van der Waals surface area contributed by atoms with Gasteiger partial charge in [-0.05, 0) is 44.9 Å². The number of aliphatic hydroxyl groups is 1. The number of ether oxygens (including phenoxy) is 1. The zero-order chi connectivity index (χ0) is 24.2. The van der Waals surface area contributed by atoms with E-state index in [0.717, 1.165) is 5.56 Å². The summed E-state index contributed by atoms with van der Waals surface area (Å²) in [6.45, 7) is 6.49. The third-order valence-electron chi connectivity index (χ3n) is 5.59. The molecule has 0 spiro atoms. The van der Waals surface area contributed by atoms with Crippen LogP contribution in [-0.2, 0) is 9.53 Å². The van der Waals surface area contributed by atoms with Gasteiger partial charge in [-0.2, -0.15) is 0 Å². The van der Waals surface area contributed by atoms with Crippen LogP contribution in [0, 0.1) is 6.92 Å². The molecule has 1 amide bonds. The number of benzene rings is 1. The molecule has 0 radical (unpaired) electrons. The first-order chi connectivity index (χ1) is 16.4. The van der Waals surface area contributed by atoms with Crippen molar-refractivity contribution in [3.05, 3.63) is 82.3 Å². The van der Waals surface area contributed by atoms with Crippen molar-refractivity contribution < 1.29 is 19.4 Å². The van der Waals surface area contributed by atoms with E-state index in [-0.39, 0.29) is 17.5 Å². The molecule has 34 heavy (non-hydrogen) atoms. The third kappa shape index (κ3) is 4.78. The van der Waals surface area contributed by atoms with Crippen LogP contribution < -0.4 is 0 Å². The van der Waals surface area contributed by atoms with Gasteiger partial charge in [0.15, 0.2) is 5.76 Å². The van der Waals surface area contributed by atoms with Gasteiger partial charge in [0.2, 0.25) is 5.78 Å². The summed E-state index contributed by atoms with van der Waals surface area (Å²) in [5, 5.41) is 11.6. The molecule has 0 fully saturated rings. The number of thiazole rings is 1. The Kier molecular flexibility index (Phi) is 7.19. The molecule has 0 saturated carbocycles. The van der Waals surface area contributed by atoms with Crippen LogP contribution in [0.3, 0.4) is 0 Å².